The van der Waals surface area contributed by atoms with Crippen LogP contribution in [0.4, 0.5) is 11.4 Å². The van der Waals surface area contributed by atoms with Crippen LogP contribution < -0.4 is 9.64 Å². The van der Waals surface area contributed by atoms with E-state index in [0.29, 0.717) is 36.1 Å². The number of Topliss-reactive ketones (excluding diaryl/α,β-unsaturated/α-hetero) is 1. The van der Waals surface area contributed by atoms with Crippen molar-refractivity contribution in [2.24, 2.45) is 0 Å². The zero-order valence-corrected chi connectivity index (χ0v) is 17.4. The maximum absolute atomic E-state index is 13.3. The van der Waals surface area contributed by atoms with Gasteiger partial charge in [0.05, 0.1) is 22.7 Å². The first kappa shape index (κ1) is 20.9. The topological polar surface area (TPSA) is 110 Å². The Balaban J connectivity index is 1.88. The Morgan fingerprint density at radius 1 is 1.19 bits per heavy atom. The number of benzene rings is 2. The number of ether oxygens (including phenoxy) is 1. The lowest BCUT2D eigenvalue weighted by Gasteiger charge is -2.38. The molecule has 0 fully saturated rings. The number of ketones is 1. The summed E-state index contributed by atoms with van der Waals surface area (Å²) >= 11 is 6.31. The summed E-state index contributed by atoms with van der Waals surface area (Å²) in [5, 5.41) is 21.4. The van der Waals surface area contributed by atoms with Gasteiger partial charge in [0.1, 0.15) is 0 Å². The van der Waals surface area contributed by atoms with Crippen molar-refractivity contribution in [1.82, 2.24) is 0 Å². The van der Waals surface area contributed by atoms with Crippen LogP contribution in [0, 0.1) is 10.1 Å². The molecule has 9 heteroatoms. The Morgan fingerprint density at radius 3 is 2.68 bits per heavy atom. The number of halogens is 1. The number of amides is 1. The number of aromatic hydroxyl groups is 1. The molecule has 1 N–H and O–H groups in total. The molecule has 0 saturated heterocycles. The van der Waals surface area contributed by atoms with Crippen molar-refractivity contribution in [3.8, 4) is 11.5 Å². The fourth-order valence-corrected chi connectivity index (χ4v) is 4.46. The summed E-state index contributed by atoms with van der Waals surface area (Å²) in [5.41, 5.74) is 1.70. The molecule has 0 aromatic heterocycles. The molecule has 1 atom stereocenters. The second-order valence-corrected chi connectivity index (χ2v) is 7.85. The van der Waals surface area contributed by atoms with Crippen molar-refractivity contribution in [2.45, 2.75) is 31.6 Å². The van der Waals surface area contributed by atoms with E-state index >= 15 is 0 Å². The van der Waals surface area contributed by atoms with Gasteiger partial charge in [-0.1, -0.05) is 17.7 Å². The number of hydrogen-bond acceptors (Lipinski definition) is 6. The quantitative estimate of drug-likeness (QED) is 0.551. The van der Waals surface area contributed by atoms with E-state index in [-0.39, 0.29) is 46.0 Å². The number of carbonyl (C=O) groups excluding carboxylic acids is 2. The fourth-order valence-electron chi connectivity index (χ4n) is 4.25. The van der Waals surface area contributed by atoms with Gasteiger partial charge in [-0.15, -0.1) is 0 Å². The highest BCUT2D eigenvalue weighted by Crippen LogP contribution is 2.46. The highest BCUT2D eigenvalue weighted by Gasteiger charge is 2.40. The van der Waals surface area contributed by atoms with Gasteiger partial charge < -0.3 is 9.84 Å². The summed E-state index contributed by atoms with van der Waals surface area (Å²) in [4.78, 5) is 38.3. The lowest BCUT2D eigenvalue weighted by molar-refractivity contribution is -0.384. The van der Waals surface area contributed by atoms with Crippen LogP contribution in [0.25, 0.3) is 0 Å². The molecule has 2 aromatic rings. The molecule has 1 unspecified atom stereocenters. The monoisotopic (exact) mass is 442 g/mol. The van der Waals surface area contributed by atoms with Crippen LogP contribution in [0.15, 0.2) is 47.7 Å². The van der Waals surface area contributed by atoms with E-state index in [4.69, 9.17) is 16.3 Å². The van der Waals surface area contributed by atoms with Gasteiger partial charge in [-0.05, 0) is 36.6 Å². The molecule has 4 rings (SSSR count). The van der Waals surface area contributed by atoms with E-state index < -0.39 is 10.8 Å². The van der Waals surface area contributed by atoms with Crippen LogP contribution in [0.1, 0.15) is 37.2 Å². The number of phenolic OH excluding ortho intramolecular Hbond substituents is 1. The SMILES string of the molecule is COc1cc(C2CC(=O)N(c3cc([N+](=O)[O-])ccc3Cl)C3=C2C(=O)CCC3)ccc1O. The summed E-state index contributed by atoms with van der Waals surface area (Å²) in [6.45, 7) is 0. The standard InChI is InChI=1S/C22H19ClN2O6/c1-31-20-9-12(5-8-18(20)26)14-11-21(28)24(16-3-2-4-19(27)22(14)16)17-10-13(25(29)30)6-7-15(17)23/h5-10,14,26H,2-4,11H2,1H3. The Hall–Kier alpha value is -3.39. The highest BCUT2D eigenvalue weighted by atomic mass is 35.5. The number of carbonyl (C=O) groups is 2. The first-order valence-corrected chi connectivity index (χ1v) is 10.1. The normalized spacial score (nSPS) is 18.8. The summed E-state index contributed by atoms with van der Waals surface area (Å²) < 4.78 is 5.18. The maximum atomic E-state index is 13.3. The molecule has 0 bridgehead atoms. The number of anilines is 1. The Morgan fingerprint density at radius 2 is 1.97 bits per heavy atom. The molecule has 1 aliphatic heterocycles. The number of methoxy groups -OCH3 is 1. The van der Waals surface area contributed by atoms with Crippen molar-refractivity contribution in [1.29, 1.82) is 0 Å². The second-order valence-electron chi connectivity index (χ2n) is 7.45. The number of hydrogen-bond donors (Lipinski definition) is 1. The van der Waals surface area contributed by atoms with Gasteiger partial charge in [-0.3, -0.25) is 24.6 Å². The number of phenols is 1. The van der Waals surface area contributed by atoms with Crippen LogP contribution in [0.2, 0.25) is 5.02 Å². The molecule has 0 saturated carbocycles. The maximum Gasteiger partial charge on any atom is 0.271 e. The van der Waals surface area contributed by atoms with Crippen molar-refractivity contribution < 1.29 is 24.4 Å². The predicted molar refractivity (Wildman–Crippen MR) is 113 cm³/mol. The molecule has 2 aromatic carbocycles. The van der Waals surface area contributed by atoms with Crippen LogP contribution in [-0.4, -0.2) is 28.8 Å². The minimum Gasteiger partial charge on any atom is -0.504 e. The van der Waals surface area contributed by atoms with Gasteiger partial charge in [0.2, 0.25) is 5.91 Å². The third kappa shape index (κ3) is 3.63. The van der Waals surface area contributed by atoms with Crippen LogP contribution in [0.3, 0.4) is 0 Å². The third-order valence-electron chi connectivity index (χ3n) is 5.66. The fraction of sp³-hybridized carbons (Fsp3) is 0.273. The van der Waals surface area contributed by atoms with Gasteiger partial charge in [0.25, 0.3) is 5.69 Å². The Labute approximate surface area is 182 Å². The first-order chi connectivity index (χ1) is 14.8. The molecule has 1 amide bonds. The van der Waals surface area contributed by atoms with Gasteiger partial charge in [-0.2, -0.15) is 0 Å². The van der Waals surface area contributed by atoms with E-state index in [1.54, 1.807) is 12.1 Å². The third-order valence-corrected chi connectivity index (χ3v) is 5.98. The Bertz CT molecular complexity index is 1140. The van der Waals surface area contributed by atoms with E-state index in [0.717, 1.165) is 0 Å². The van der Waals surface area contributed by atoms with Crippen molar-refractivity contribution in [3.05, 3.63) is 68.4 Å². The molecular formula is C22H19ClN2O6. The number of non-ortho nitro benzene ring substituents is 1. The van der Waals surface area contributed by atoms with Gasteiger partial charge in [0.15, 0.2) is 17.3 Å². The smallest absolute Gasteiger partial charge is 0.271 e. The number of nitrogens with zero attached hydrogens (tertiary/aromatic N) is 2. The lowest BCUT2D eigenvalue weighted by atomic mass is 9.77. The molecule has 1 aliphatic carbocycles. The van der Waals surface area contributed by atoms with E-state index in [1.165, 1.54) is 36.3 Å². The first-order valence-electron chi connectivity index (χ1n) is 9.72. The molecule has 0 radical (unpaired) electrons. The largest absolute Gasteiger partial charge is 0.504 e. The molecule has 2 aliphatic rings. The van der Waals surface area contributed by atoms with E-state index in [9.17, 15) is 24.8 Å². The number of rotatable bonds is 4. The average molecular weight is 443 g/mol. The Kier molecular flexibility index (Phi) is 5.41. The minimum absolute atomic E-state index is 0.0163. The minimum atomic E-state index is -0.554. The van der Waals surface area contributed by atoms with Gasteiger partial charge >= 0.3 is 0 Å². The number of nitro benzene ring substituents is 1. The molecule has 0 spiro atoms. The number of allylic oxidation sites excluding steroid dienone is 2. The van der Waals surface area contributed by atoms with E-state index in [2.05, 4.69) is 0 Å². The van der Waals surface area contributed by atoms with Crippen molar-refractivity contribution in [3.63, 3.8) is 0 Å². The number of nitro groups is 1. The van der Waals surface area contributed by atoms with Crippen LogP contribution in [0.5, 0.6) is 11.5 Å². The zero-order valence-electron chi connectivity index (χ0n) is 16.6. The summed E-state index contributed by atoms with van der Waals surface area (Å²) in [5.74, 6) is -0.675. The summed E-state index contributed by atoms with van der Waals surface area (Å²) in [6, 6.07) is 8.66. The molecule has 8 nitrogen and oxygen atoms in total. The molecule has 160 valence electrons. The van der Waals surface area contributed by atoms with E-state index in [1.807, 2.05) is 0 Å². The highest BCUT2D eigenvalue weighted by molar-refractivity contribution is 6.34. The van der Waals surface area contributed by atoms with Crippen molar-refractivity contribution >= 4 is 34.7 Å². The molecular weight excluding hydrogens is 424 g/mol. The molecule has 31 heavy (non-hydrogen) atoms. The van der Waals surface area contributed by atoms with Gasteiger partial charge in [-0.25, -0.2) is 0 Å². The van der Waals surface area contributed by atoms with Crippen LogP contribution in [-0.2, 0) is 9.59 Å². The summed E-state index contributed by atoms with van der Waals surface area (Å²) in [6.07, 6.45) is 1.38. The van der Waals surface area contributed by atoms with Crippen LogP contribution >= 0.6 is 11.6 Å². The molecule has 1 heterocycles. The average Bonchev–Trinajstić information content (AvgIpc) is 2.74. The second kappa shape index (κ2) is 8.03. The predicted octanol–water partition coefficient (Wildman–Crippen LogP) is 4.49. The zero-order chi connectivity index (χ0) is 22.3. The lowest BCUT2D eigenvalue weighted by Crippen LogP contribution is -2.40. The van der Waals surface area contributed by atoms with Crippen molar-refractivity contribution in [2.75, 3.05) is 12.0 Å². The van der Waals surface area contributed by atoms with Gasteiger partial charge in [0, 0.05) is 42.2 Å². The summed E-state index contributed by atoms with van der Waals surface area (Å²) in [7, 11) is 1.42.